The molecule has 0 aliphatic carbocycles. The Kier molecular flexibility index (Phi) is 5.95. The summed E-state index contributed by atoms with van der Waals surface area (Å²) in [6, 6.07) is 12.0. The molecule has 0 atom stereocenters. The van der Waals surface area contributed by atoms with Gasteiger partial charge in [-0.1, -0.05) is 35.9 Å². The van der Waals surface area contributed by atoms with E-state index in [9.17, 15) is 14.0 Å². The van der Waals surface area contributed by atoms with E-state index in [1.807, 2.05) is 26.0 Å². The van der Waals surface area contributed by atoms with Gasteiger partial charge in [0.2, 0.25) is 0 Å². The molecular formula is C24H25FN4O2. The summed E-state index contributed by atoms with van der Waals surface area (Å²) < 4.78 is 14.4. The first-order chi connectivity index (χ1) is 14.9. The zero-order chi connectivity index (χ0) is 22.0. The van der Waals surface area contributed by atoms with Gasteiger partial charge in [-0.2, -0.15) is 5.10 Å². The Labute approximate surface area is 179 Å². The van der Waals surface area contributed by atoms with Crippen LogP contribution in [-0.4, -0.2) is 46.7 Å². The molecule has 2 aromatic carbocycles. The van der Waals surface area contributed by atoms with Crippen LogP contribution in [0, 0.1) is 5.82 Å². The third-order valence-electron chi connectivity index (χ3n) is 5.49. The monoisotopic (exact) mass is 420 g/mol. The molecule has 7 heteroatoms. The molecule has 1 aliphatic heterocycles. The van der Waals surface area contributed by atoms with Crippen LogP contribution in [0.2, 0.25) is 0 Å². The molecule has 0 unspecified atom stereocenters. The van der Waals surface area contributed by atoms with Gasteiger partial charge in [-0.25, -0.2) is 9.49 Å². The van der Waals surface area contributed by atoms with Gasteiger partial charge in [-0.3, -0.25) is 9.59 Å². The number of hydrogen-bond donors (Lipinski definition) is 2. The molecule has 2 heterocycles. The Morgan fingerprint density at radius 1 is 1.23 bits per heavy atom. The van der Waals surface area contributed by atoms with E-state index in [0.29, 0.717) is 30.6 Å². The molecule has 6 nitrogen and oxygen atoms in total. The Hall–Kier alpha value is -3.32. The molecule has 160 valence electrons. The predicted octanol–water partition coefficient (Wildman–Crippen LogP) is 3.03. The summed E-state index contributed by atoms with van der Waals surface area (Å²) in [6.07, 6.45) is 2.48. The summed E-state index contributed by atoms with van der Waals surface area (Å²) in [5, 5.41) is 11.3. The number of nitrogens with one attached hydrogen (secondary N) is 2. The van der Waals surface area contributed by atoms with Crippen LogP contribution in [-0.2, 0) is 6.42 Å². The lowest BCUT2D eigenvalue weighted by atomic mass is 10.0. The smallest absolute Gasteiger partial charge is 0.272 e. The number of hydrogen-bond acceptors (Lipinski definition) is 4. The van der Waals surface area contributed by atoms with Crippen molar-refractivity contribution >= 4 is 16.7 Å². The van der Waals surface area contributed by atoms with Gasteiger partial charge in [-0.15, -0.1) is 0 Å². The van der Waals surface area contributed by atoms with Crippen molar-refractivity contribution in [1.82, 2.24) is 20.4 Å². The number of nitrogens with zero attached hydrogens (tertiary/aromatic N) is 2. The average Bonchev–Trinajstić information content (AvgIpc) is 2.72. The SMILES string of the molecule is CC(C)=CCNC1CN(C(=O)c2cc(Cc3n[nH]c(=O)c4ccccc34)ccc2F)C1. The Balaban J connectivity index is 1.49. The molecule has 2 N–H and O–H groups in total. The van der Waals surface area contributed by atoms with E-state index in [2.05, 4.69) is 21.6 Å². The lowest BCUT2D eigenvalue weighted by Gasteiger charge is -2.39. The van der Waals surface area contributed by atoms with Gasteiger partial charge in [0.15, 0.2) is 0 Å². The van der Waals surface area contributed by atoms with Gasteiger partial charge >= 0.3 is 0 Å². The molecular weight excluding hydrogens is 395 g/mol. The number of benzene rings is 2. The highest BCUT2D eigenvalue weighted by molar-refractivity contribution is 5.95. The zero-order valence-corrected chi connectivity index (χ0v) is 17.6. The molecule has 0 radical (unpaired) electrons. The highest BCUT2D eigenvalue weighted by atomic mass is 19.1. The van der Waals surface area contributed by atoms with Crippen molar-refractivity contribution in [3.8, 4) is 0 Å². The quantitative estimate of drug-likeness (QED) is 0.601. The van der Waals surface area contributed by atoms with Crippen molar-refractivity contribution < 1.29 is 9.18 Å². The number of aromatic amines is 1. The van der Waals surface area contributed by atoms with Crippen LogP contribution in [0.25, 0.3) is 10.8 Å². The fourth-order valence-corrected chi connectivity index (χ4v) is 3.72. The molecule has 1 aliphatic rings. The van der Waals surface area contributed by atoms with Crippen LogP contribution >= 0.6 is 0 Å². The van der Waals surface area contributed by atoms with Gasteiger partial charge in [-0.05, 0) is 37.6 Å². The Morgan fingerprint density at radius 3 is 2.71 bits per heavy atom. The minimum Gasteiger partial charge on any atom is -0.335 e. The van der Waals surface area contributed by atoms with Gasteiger partial charge in [0.05, 0.1) is 16.6 Å². The Morgan fingerprint density at radius 2 is 1.97 bits per heavy atom. The van der Waals surface area contributed by atoms with E-state index in [1.165, 1.54) is 11.6 Å². The van der Waals surface area contributed by atoms with Crippen LogP contribution < -0.4 is 10.9 Å². The molecule has 1 fully saturated rings. The van der Waals surface area contributed by atoms with E-state index in [4.69, 9.17) is 0 Å². The predicted molar refractivity (Wildman–Crippen MR) is 119 cm³/mol. The van der Waals surface area contributed by atoms with Crippen molar-refractivity contribution in [2.45, 2.75) is 26.3 Å². The maximum absolute atomic E-state index is 14.4. The zero-order valence-electron chi connectivity index (χ0n) is 17.6. The van der Waals surface area contributed by atoms with Crippen LogP contribution in [0.4, 0.5) is 4.39 Å². The Bertz CT molecular complexity index is 1210. The van der Waals surface area contributed by atoms with E-state index in [-0.39, 0.29) is 23.1 Å². The van der Waals surface area contributed by atoms with Crippen molar-refractivity contribution in [2.75, 3.05) is 19.6 Å². The molecule has 0 spiro atoms. The van der Waals surface area contributed by atoms with Crippen molar-refractivity contribution in [3.63, 3.8) is 0 Å². The van der Waals surface area contributed by atoms with Crippen molar-refractivity contribution in [1.29, 1.82) is 0 Å². The average molecular weight is 420 g/mol. The maximum Gasteiger partial charge on any atom is 0.272 e. The number of allylic oxidation sites excluding steroid dienone is 1. The fraction of sp³-hybridized carbons (Fsp3) is 0.292. The third kappa shape index (κ3) is 4.56. The molecule has 0 saturated carbocycles. The second-order valence-electron chi connectivity index (χ2n) is 8.13. The number of halogens is 1. The lowest BCUT2D eigenvalue weighted by molar-refractivity contribution is 0.0567. The van der Waals surface area contributed by atoms with E-state index >= 15 is 0 Å². The molecule has 1 saturated heterocycles. The van der Waals surface area contributed by atoms with E-state index < -0.39 is 5.82 Å². The normalized spacial score (nSPS) is 13.8. The summed E-state index contributed by atoms with van der Waals surface area (Å²) >= 11 is 0. The number of amides is 1. The molecule has 1 aromatic heterocycles. The standard InChI is InChI=1S/C24H25FN4O2/c1-15(2)9-10-26-17-13-29(14-17)24(31)20-11-16(7-8-21(20)25)12-22-18-5-3-4-6-19(18)23(30)28-27-22/h3-9,11,17,26H,10,12-14H2,1-2H3,(H,28,30). The molecule has 4 rings (SSSR count). The molecule has 1 amide bonds. The van der Waals surface area contributed by atoms with Crippen molar-refractivity contribution in [2.24, 2.45) is 0 Å². The first kappa shape index (κ1) is 20.9. The number of carbonyl (C=O) groups excluding carboxylic acids is 1. The van der Waals surface area contributed by atoms with Crippen LogP contribution in [0.3, 0.4) is 0 Å². The van der Waals surface area contributed by atoms with Crippen LogP contribution in [0.1, 0.15) is 35.5 Å². The summed E-state index contributed by atoms with van der Waals surface area (Å²) in [7, 11) is 0. The second-order valence-corrected chi connectivity index (χ2v) is 8.13. The molecule has 0 bridgehead atoms. The number of H-pyrrole nitrogens is 1. The third-order valence-corrected chi connectivity index (χ3v) is 5.49. The lowest BCUT2D eigenvalue weighted by Crippen LogP contribution is -2.59. The summed E-state index contributed by atoms with van der Waals surface area (Å²) in [5.74, 6) is -0.840. The highest BCUT2D eigenvalue weighted by Crippen LogP contribution is 2.21. The fourth-order valence-electron chi connectivity index (χ4n) is 3.72. The highest BCUT2D eigenvalue weighted by Gasteiger charge is 2.31. The van der Waals surface area contributed by atoms with Crippen LogP contribution in [0.5, 0.6) is 0 Å². The first-order valence-corrected chi connectivity index (χ1v) is 10.3. The number of aromatic nitrogens is 2. The summed E-state index contributed by atoms with van der Waals surface area (Å²) in [5.41, 5.74) is 2.48. The van der Waals surface area contributed by atoms with E-state index in [0.717, 1.165) is 17.5 Å². The number of rotatable bonds is 6. The maximum atomic E-state index is 14.4. The first-order valence-electron chi connectivity index (χ1n) is 10.3. The largest absolute Gasteiger partial charge is 0.335 e. The number of carbonyl (C=O) groups is 1. The van der Waals surface area contributed by atoms with Gasteiger partial charge in [0.25, 0.3) is 11.5 Å². The molecule has 31 heavy (non-hydrogen) atoms. The van der Waals surface area contributed by atoms with Crippen LogP contribution in [0.15, 0.2) is 58.9 Å². The van der Waals surface area contributed by atoms with Gasteiger partial charge in [0.1, 0.15) is 5.82 Å². The summed E-state index contributed by atoms with van der Waals surface area (Å²) in [6.45, 7) is 5.97. The minimum absolute atomic E-state index is 0.0639. The van der Waals surface area contributed by atoms with Gasteiger partial charge in [0, 0.05) is 37.5 Å². The summed E-state index contributed by atoms with van der Waals surface area (Å²) in [4.78, 5) is 26.5. The topological polar surface area (TPSA) is 78.1 Å². The van der Waals surface area contributed by atoms with Crippen molar-refractivity contribution in [3.05, 3.63) is 87.1 Å². The van der Waals surface area contributed by atoms with Gasteiger partial charge < -0.3 is 10.2 Å². The molecule has 3 aromatic rings. The van der Waals surface area contributed by atoms with E-state index in [1.54, 1.807) is 29.2 Å². The number of fused-ring (bicyclic) bond motifs is 1. The minimum atomic E-state index is -0.533. The second kappa shape index (κ2) is 8.81. The number of likely N-dealkylation sites (tertiary alicyclic amines) is 1.